The van der Waals surface area contributed by atoms with E-state index < -0.39 is 6.10 Å². The van der Waals surface area contributed by atoms with Gasteiger partial charge in [0.2, 0.25) is 5.88 Å². The normalized spacial score (nSPS) is 11.9. The molecule has 1 aromatic heterocycles. The van der Waals surface area contributed by atoms with Crippen molar-refractivity contribution in [1.29, 1.82) is 0 Å². The summed E-state index contributed by atoms with van der Waals surface area (Å²) < 4.78 is 7.19. The highest BCUT2D eigenvalue weighted by Gasteiger charge is 2.15. The van der Waals surface area contributed by atoms with E-state index >= 15 is 0 Å². The first kappa shape index (κ1) is 15.1. The van der Waals surface area contributed by atoms with Crippen molar-refractivity contribution in [2.45, 2.75) is 19.4 Å². The number of para-hydroxylation sites is 1. The number of aliphatic hydroxyl groups is 1. The minimum Gasteiger partial charge on any atom is -0.463 e. The van der Waals surface area contributed by atoms with E-state index in [0.29, 0.717) is 18.8 Å². The Morgan fingerprint density at radius 3 is 2.86 bits per heavy atom. The lowest BCUT2D eigenvalue weighted by atomic mass is 10.3. The molecule has 0 aliphatic carbocycles. The van der Waals surface area contributed by atoms with Crippen LogP contribution in [0.5, 0.6) is 5.88 Å². The largest absolute Gasteiger partial charge is 0.463 e. The Morgan fingerprint density at radius 2 is 2.14 bits per heavy atom. The molecule has 2 rings (SSSR count). The number of rotatable bonds is 7. The summed E-state index contributed by atoms with van der Waals surface area (Å²) in [5.74, 6) is 0.168. The van der Waals surface area contributed by atoms with Gasteiger partial charge in [-0.15, -0.1) is 5.10 Å². The molecule has 0 spiro atoms. The molecule has 6 heteroatoms. The number of ether oxygens (including phenoxy) is 1. The zero-order valence-corrected chi connectivity index (χ0v) is 11.9. The minimum absolute atomic E-state index is 0.0526. The number of amides is 1. The van der Waals surface area contributed by atoms with Gasteiger partial charge in [0.15, 0.2) is 6.10 Å². The van der Waals surface area contributed by atoms with Gasteiger partial charge in [0, 0.05) is 25.4 Å². The van der Waals surface area contributed by atoms with E-state index in [1.165, 1.54) is 0 Å². The standard InChI is InChI=1S/C15H19N3O3/c1-12(15(20)16-9-5-11-19)21-14-8-10-18(17-14)13-6-3-2-4-7-13/h2-4,6-8,10,12,19H,5,9,11H2,1H3,(H,16,20)/t12-/m0/s1. The van der Waals surface area contributed by atoms with Crippen molar-refractivity contribution in [3.05, 3.63) is 42.6 Å². The molecule has 0 aliphatic rings. The number of nitrogens with one attached hydrogen (secondary N) is 1. The van der Waals surface area contributed by atoms with Crippen LogP contribution in [-0.2, 0) is 4.79 Å². The van der Waals surface area contributed by atoms with Crippen LogP contribution in [-0.4, -0.2) is 40.0 Å². The lowest BCUT2D eigenvalue weighted by molar-refractivity contribution is -0.127. The maximum atomic E-state index is 11.7. The van der Waals surface area contributed by atoms with E-state index in [4.69, 9.17) is 9.84 Å². The summed E-state index contributed by atoms with van der Waals surface area (Å²) >= 11 is 0. The van der Waals surface area contributed by atoms with Gasteiger partial charge in [-0.1, -0.05) is 18.2 Å². The van der Waals surface area contributed by atoms with Gasteiger partial charge in [0.25, 0.3) is 5.91 Å². The summed E-state index contributed by atoms with van der Waals surface area (Å²) in [6.07, 6.45) is 1.67. The lowest BCUT2D eigenvalue weighted by Gasteiger charge is -2.12. The zero-order valence-electron chi connectivity index (χ0n) is 11.9. The average molecular weight is 289 g/mol. The Hall–Kier alpha value is -2.34. The van der Waals surface area contributed by atoms with E-state index in [1.807, 2.05) is 30.3 Å². The molecular weight excluding hydrogens is 270 g/mol. The number of aromatic nitrogens is 2. The van der Waals surface area contributed by atoms with E-state index in [-0.39, 0.29) is 12.5 Å². The molecule has 2 aromatic rings. The molecule has 0 radical (unpaired) electrons. The minimum atomic E-state index is -0.636. The average Bonchev–Trinajstić information content (AvgIpc) is 2.97. The van der Waals surface area contributed by atoms with Crippen LogP contribution in [0, 0.1) is 0 Å². The lowest BCUT2D eigenvalue weighted by Crippen LogP contribution is -2.37. The van der Waals surface area contributed by atoms with Crippen LogP contribution < -0.4 is 10.1 Å². The van der Waals surface area contributed by atoms with Gasteiger partial charge >= 0.3 is 0 Å². The second-order valence-corrected chi connectivity index (χ2v) is 4.56. The Bertz CT molecular complexity index is 569. The third kappa shape index (κ3) is 4.32. The maximum absolute atomic E-state index is 11.7. The molecule has 1 heterocycles. The molecule has 2 N–H and O–H groups in total. The summed E-state index contributed by atoms with van der Waals surface area (Å²) in [6, 6.07) is 11.4. The molecule has 21 heavy (non-hydrogen) atoms. The highest BCUT2D eigenvalue weighted by atomic mass is 16.5. The molecule has 0 unspecified atom stereocenters. The molecule has 0 saturated carbocycles. The van der Waals surface area contributed by atoms with E-state index in [0.717, 1.165) is 5.69 Å². The highest BCUT2D eigenvalue weighted by Crippen LogP contribution is 2.12. The second kappa shape index (κ2) is 7.44. The molecule has 1 atom stereocenters. The van der Waals surface area contributed by atoms with Crippen LogP contribution in [0.15, 0.2) is 42.6 Å². The summed E-state index contributed by atoms with van der Waals surface area (Å²) in [4.78, 5) is 11.7. The fraction of sp³-hybridized carbons (Fsp3) is 0.333. The van der Waals surface area contributed by atoms with Gasteiger partial charge in [-0.05, 0) is 25.5 Å². The second-order valence-electron chi connectivity index (χ2n) is 4.56. The fourth-order valence-electron chi connectivity index (χ4n) is 1.76. The Morgan fingerprint density at radius 1 is 1.38 bits per heavy atom. The fourth-order valence-corrected chi connectivity index (χ4v) is 1.76. The number of hydrogen-bond acceptors (Lipinski definition) is 4. The summed E-state index contributed by atoms with van der Waals surface area (Å²) in [5, 5.41) is 15.6. The van der Waals surface area contributed by atoms with Crippen LogP contribution in [0.3, 0.4) is 0 Å². The third-order valence-electron chi connectivity index (χ3n) is 2.89. The smallest absolute Gasteiger partial charge is 0.260 e. The predicted octanol–water partition coefficient (Wildman–Crippen LogP) is 1.14. The van der Waals surface area contributed by atoms with Crippen LogP contribution in [0.2, 0.25) is 0 Å². The number of carbonyl (C=O) groups is 1. The molecule has 0 aliphatic heterocycles. The first-order valence-corrected chi connectivity index (χ1v) is 6.87. The van der Waals surface area contributed by atoms with Crippen molar-refractivity contribution in [3.8, 4) is 11.6 Å². The topological polar surface area (TPSA) is 76.4 Å². The van der Waals surface area contributed by atoms with Crippen molar-refractivity contribution in [1.82, 2.24) is 15.1 Å². The van der Waals surface area contributed by atoms with E-state index in [9.17, 15) is 4.79 Å². The maximum Gasteiger partial charge on any atom is 0.260 e. The summed E-state index contributed by atoms with van der Waals surface area (Å²) in [7, 11) is 0. The Balaban J connectivity index is 1.91. The van der Waals surface area contributed by atoms with Crippen molar-refractivity contribution in [2.75, 3.05) is 13.2 Å². The quantitative estimate of drug-likeness (QED) is 0.749. The van der Waals surface area contributed by atoms with Gasteiger partial charge in [-0.3, -0.25) is 4.79 Å². The van der Waals surface area contributed by atoms with Gasteiger partial charge in [0.05, 0.1) is 5.69 Å². The van der Waals surface area contributed by atoms with Gasteiger partial charge in [-0.2, -0.15) is 0 Å². The van der Waals surface area contributed by atoms with Crippen molar-refractivity contribution >= 4 is 5.91 Å². The SMILES string of the molecule is C[C@H](Oc1ccn(-c2ccccc2)n1)C(=O)NCCCO. The van der Waals surface area contributed by atoms with Gasteiger partial charge < -0.3 is 15.2 Å². The molecule has 1 amide bonds. The highest BCUT2D eigenvalue weighted by molar-refractivity contribution is 5.80. The van der Waals surface area contributed by atoms with Crippen molar-refractivity contribution < 1.29 is 14.6 Å². The van der Waals surface area contributed by atoms with Crippen LogP contribution >= 0.6 is 0 Å². The first-order chi connectivity index (χ1) is 10.2. The van der Waals surface area contributed by atoms with Crippen LogP contribution in [0.1, 0.15) is 13.3 Å². The van der Waals surface area contributed by atoms with Gasteiger partial charge in [-0.25, -0.2) is 4.68 Å². The van der Waals surface area contributed by atoms with Crippen LogP contribution in [0.25, 0.3) is 5.69 Å². The number of nitrogens with zero attached hydrogens (tertiary/aromatic N) is 2. The third-order valence-corrected chi connectivity index (χ3v) is 2.89. The molecule has 0 saturated heterocycles. The zero-order chi connectivity index (χ0) is 15.1. The molecule has 1 aromatic carbocycles. The first-order valence-electron chi connectivity index (χ1n) is 6.87. The van der Waals surface area contributed by atoms with Gasteiger partial charge in [0.1, 0.15) is 0 Å². The van der Waals surface area contributed by atoms with Crippen molar-refractivity contribution in [3.63, 3.8) is 0 Å². The molecule has 0 bridgehead atoms. The molecule has 112 valence electrons. The van der Waals surface area contributed by atoms with Crippen LogP contribution in [0.4, 0.5) is 0 Å². The van der Waals surface area contributed by atoms with E-state index in [2.05, 4.69) is 10.4 Å². The number of carbonyl (C=O) groups excluding carboxylic acids is 1. The van der Waals surface area contributed by atoms with E-state index in [1.54, 1.807) is 23.9 Å². The number of benzene rings is 1. The molecular formula is C15H19N3O3. The molecule has 6 nitrogen and oxygen atoms in total. The summed E-state index contributed by atoms with van der Waals surface area (Å²) in [5.41, 5.74) is 0.924. The predicted molar refractivity (Wildman–Crippen MR) is 78.4 cm³/mol. The monoisotopic (exact) mass is 289 g/mol. The Kier molecular flexibility index (Phi) is 5.34. The summed E-state index contributed by atoms with van der Waals surface area (Å²) in [6.45, 7) is 2.15. The van der Waals surface area contributed by atoms with Crippen molar-refractivity contribution in [2.24, 2.45) is 0 Å². The molecule has 0 fully saturated rings. The number of aliphatic hydroxyl groups excluding tert-OH is 1. The number of hydrogen-bond donors (Lipinski definition) is 2. The Labute approximate surface area is 123 Å².